The minimum atomic E-state index is -0.316. The van der Waals surface area contributed by atoms with Gasteiger partial charge in [-0.3, -0.25) is 0 Å². The van der Waals surface area contributed by atoms with E-state index >= 15 is 0 Å². The van der Waals surface area contributed by atoms with Crippen molar-refractivity contribution in [3.05, 3.63) is 119 Å². The predicted molar refractivity (Wildman–Crippen MR) is 97.8 cm³/mol. The van der Waals surface area contributed by atoms with Crippen LogP contribution in [0.3, 0.4) is 0 Å². The third-order valence-electron chi connectivity index (χ3n) is 4.35. The molecule has 0 aromatic heterocycles. The van der Waals surface area contributed by atoms with Gasteiger partial charge in [0, 0.05) is 22.8 Å². The maximum Gasteiger partial charge on any atom is 0.219 e. The van der Waals surface area contributed by atoms with Gasteiger partial charge in [0.1, 0.15) is 0 Å². The molecule has 0 spiro atoms. The molecule has 24 heavy (non-hydrogen) atoms. The van der Waals surface area contributed by atoms with Gasteiger partial charge < -0.3 is 5.21 Å². The van der Waals surface area contributed by atoms with Crippen LogP contribution in [0.5, 0.6) is 0 Å². The summed E-state index contributed by atoms with van der Waals surface area (Å²) in [6, 6.07) is 29.6. The van der Waals surface area contributed by atoms with Crippen LogP contribution in [0.2, 0.25) is 0 Å². The van der Waals surface area contributed by atoms with Crippen molar-refractivity contribution in [2.24, 2.45) is 0 Å². The van der Waals surface area contributed by atoms with Crippen LogP contribution in [0, 0.1) is 5.21 Å². The molecule has 0 saturated heterocycles. The summed E-state index contributed by atoms with van der Waals surface area (Å²) < 4.78 is 1.13. The maximum atomic E-state index is 13.1. The summed E-state index contributed by atoms with van der Waals surface area (Å²) in [6.07, 6.45) is 2.02. The monoisotopic (exact) mass is 311 g/mol. The molecule has 4 rings (SSSR count). The first-order valence-electron chi connectivity index (χ1n) is 8.05. The Morgan fingerprint density at radius 1 is 0.625 bits per heavy atom. The second kappa shape index (κ2) is 6.17. The summed E-state index contributed by atoms with van der Waals surface area (Å²) >= 11 is 0. The lowest BCUT2D eigenvalue weighted by Crippen LogP contribution is -2.15. The van der Waals surface area contributed by atoms with Crippen molar-refractivity contribution in [1.82, 2.24) is 0 Å². The lowest BCUT2D eigenvalue weighted by molar-refractivity contribution is -0.485. The first kappa shape index (κ1) is 14.5. The lowest BCUT2D eigenvalue weighted by Gasteiger charge is -2.17. The Hall–Kier alpha value is -3.13. The highest BCUT2D eigenvalue weighted by atomic mass is 16.5. The van der Waals surface area contributed by atoms with Crippen LogP contribution in [0.25, 0.3) is 5.57 Å². The molecule has 0 radical (unpaired) electrons. The fraction of sp³-hybridized carbons (Fsp3) is 0.0455. The van der Waals surface area contributed by atoms with Crippen molar-refractivity contribution in [1.29, 1.82) is 0 Å². The van der Waals surface area contributed by atoms with E-state index < -0.39 is 0 Å². The largest absolute Gasteiger partial charge is 0.623 e. The van der Waals surface area contributed by atoms with E-state index in [1.54, 1.807) is 0 Å². The molecule has 1 atom stereocenters. The van der Waals surface area contributed by atoms with Crippen molar-refractivity contribution in [3.63, 3.8) is 0 Å². The van der Waals surface area contributed by atoms with Gasteiger partial charge in [-0.2, -0.15) is 4.74 Å². The molecule has 2 nitrogen and oxygen atoms in total. The van der Waals surface area contributed by atoms with Crippen molar-refractivity contribution < 1.29 is 4.74 Å². The molecule has 3 aromatic rings. The van der Waals surface area contributed by atoms with Crippen LogP contribution >= 0.6 is 0 Å². The zero-order valence-corrected chi connectivity index (χ0v) is 13.2. The topological polar surface area (TPSA) is 26.1 Å². The van der Waals surface area contributed by atoms with Gasteiger partial charge in [-0.15, -0.1) is 0 Å². The SMILES string of the molecule is [O-][N+]1=C(c2ccccc2)C=C(c2ccccc2)[C@H]1c1ccccc1. The fourth-order valence-corrected chi connectivity index (χ4v) is 3.20. The van der Waals surface area contributed by atoms with E-state index in [9.17, 15) is 5.21 Å². The zero-order valence-electron chi connectivity index (χ0n) is 13.2. The van der Waals surface area contributed by atoms with Crippen molar-refractivity contribution >= 4 is 11.3 Å². The van der Waals surface area contributed by atoms with Crippen LogP contribution in [0.1, 0.15) is 22.7 Å². The van der Waals surface area contributed by atoms with Gasteiger partial charge in [0.05, 0.1) is 0 Å². The summed E-state index contributed by atoms with van der Waals surface area (Å²) in [7, 11) is 0. The third-order valence-corrected chi connectivity index (χ3v) is 4.35. The predicted octanol–water partition coefficient (Wildman–Crippen LogP) is 4.82. The Labute approximate surface area is 141 Å². The number of allylic oxidation sites excluding steroid dienone is 1. The highest BCUT2D eigenvalue weighted by Gasteiger charge is 2.34. The maximum absolute atomic E-state index is 13.1. The molecule has 0 fully saturated rings. The molecular formula is C22H17NO. The molecule has 116 valence electrons. The first-order chi connectivity index (χ1) is 11.8. The second-order valence-corrected chi connectivity index (χ2v) is 5.86. The van der Waals surface area contributed by atoms with Gasteiger partial charge in [0.2, 0.25) is 11.8 Å². The minimum Gasteiger partial charge on any atom is -0.623 e. The van der Waals surface area contributed by atoms with E-state index in [-0.39, 0.29) is 6.04 Å². The molecule has 1 aliphatic rings. The number of benzene rings is 3. The number of nitrogens with zero attached hydrogens (tertiary/aromatic N) is 1. The molecule has 2 heteroatoms. The summed E-state index contributed by atoms with van der Waals surface area (Å²) in [5, 5.41) is 13.1. The highest BCUT2D eigenvalue weighted by Crippen LogP contribution is 2.37. The van der Waals surface area contributed by atoms with Gasteiger partial charge in [-0.1, -0.05) is 78.9 Å². The molecule has 0 unspecified atom stereocenters. The van der Waals surface area contributed by atoms with E-state index in [4.69, 9.17) is 0 Å². The van der Waals surface area contributed by atoms with Gasteiger partial charge in [-0.25, -0.2) is 0 Å². The van der Waals surface area contributed by atoms with Crippen LogP contribution in [0.4, 0.5) is 0 Å². The minimum absolute atomic E-state index is 0.316. The molecule has 0 saturated carbocycles. The van der Waals surface area contributed by atoms with Crippen LogP contribution < -0.4 is 0 Å². The van der Waals surface area contributed by atoms with Crippen LogP contribution in [0.15, 0.2) is 97.1 Å². The number of rotatable bonds is 3. The summed E-state index contributed by atoms with van der Waals surface area (Å²) in [5.74, 6) is 0. The van der Waals surface area contributed by atoms with E-state index in [0.717, 1.165) is 27.0 Å². The van der Waals surface area contributed by atoms with Crippen LogP contribution in [-0.2, 0) is 0 Å². The van der Waals surface area contributed by atoms with Gasteiger partial charge >= 0.3 is 0 Å². The summed E-state index contributed by atoms with van der Waals surface area (Å²) in [6.45, 7) is 0. The first-order valence-corrected chi connectivity index (χ1v) is 8.05. The van der Waals surface area contributed by atoms with Crippen molar-refractivity contribution in [3.8, 4) is 0 Å². The number of hydrogen-bond acceptors (Lipinski definition) is 1. The smallest absolute Gasteiger partial charge is 0.219 e. The highest BCUT2D eigenvalue weighted by molar-refractivity contribution is 6.11. The van der Waals surface area contributed by atoms with Gasteiger partial charge in [0.15, 0.2) is 0 Å². The number of hydroxylamine groups is 1. The Bertz CT molecular complexity index is 896. The van der Waals surface area contributed by atoms with Gasteiger partial charge in [0.25, 0.3) is 0 Å². The van der Waals surface area contributed by atoms with E-state index in [0.29, 0.717) is 5.71 Å². The van der Waals surface area contributed by atoms with Crippen molar-refractivity contribution in [2.45, 2.75) is 6.04 Å². The Morgan fingerprint density at radius 3 is 1.71 bits per heavy atom. The molecule has 1 aliphatic heterocycles. The Morgan fingerprint density at radius 2 is 1.12 bits per heavy atom. The quantitative estimate of drug-likeness (QED) is 0.503. The second-order valence-electron chi connectivity index (χ2n) is 5.86. The normalized spacial score (nSPS) is 17.0. The molecule has 1 heterocycles. The van der Waals surface area contributed by atoms with Gasteiger partial charge in [-0.05, 0) is 17.7 Å². The lowest BCUT2D eigenvalue weighted by atomic mass is 9.94. The average molecular weight is 311 g/mol. The molecule has 3 aromatic carbocycles. The zero-order chi connectivity index (χ0) is 16.4. The fourth-order valence-electron chi connectivity index (χ4n) is 3.20. The molecule has 0 bridgehead atoms. The van der Waals surface area contributed by atoms with E-state index in [1.807, 2.05) is 84.9 Å². The van der Waals surface area contributed by atoms with E-state index in [1.165, 1.54) is 0 Å². The molecule has 0 amide bonds. The molecule has 0 aliphatic carbocycles. The molecule has 0 N–H and O–H groups in total. The Kier molecular flexibility index (Phi) is 3.72. The summed E-state index contributed by atoms with van der Waals surface area (Å²) in [4.78, 5) is 0. The van der Waals surface area contributed by atoms with Crippen molar-refractivity contribution in [2.75, 3.05) is 0 Å². The standard InChI is InChI=1S/C22H17NO/c24-23-21(18-12-6-2-7-13-18)16-20(17-10-4-1-5-11-17)22(23)19-14-8-3-9-15-19/h1-16,22H/t22-/m1/s1. The molecular weight excluding hydrogens is 294 g/mol. The average Bonchev–Trinajstić information content (AvgIpc) is 3.01. The number of hydrogen-bond donors (Lipinski definition) is 0. The van der Waals surface area contributed by atoms with Crippen LogP contribution in [-0.4, -0.2) is 10.5 Å². The Balaban J connectivity index is 1.88. The third kappa shape index (κ3) is 2.52. The van der Waals surface area contributed by atoms with E-state index in [2.05, 4.69) is 12.1 Å². The summed E-state index contributed by atoms with van der Waals surface area (Å²) in [5.41, 5.74) is 4.78.